The number of hydrogen-bond donors (Lipinski definition) is 1. The number of hydrogen-bond acceptors (Lipinski definition) is 5. The van der Waals surface area contributed by atoms with Crippen LogP contribution in [0.15, 0.2) is 72.4 Å². The lowest BCUT2D eigenvalue weighted by Crippen LogP contribution is -2.37. The molecule has 2 aromatic rings. The topological polar surface area (TPSA) is 87.9 Å². The Hall–Kier alpha value is -3.43. The highest BCUT2D eigenvalue weighted by molar-refractivity contribution is 6.32. The van der Waals surface area contributed by atoms with Gasteiger partial charge in [0, 0.05) is 38.9 Å². The number of amides is 1. The van der Waals surface area contributed by atoms with Crippen LogP contribution in [0.2, 0.25) is 5.02 Å². The van der Waals surface area contributed by atoms with E-state index in [0.717, 1.165) is 13.0 Å². The molecule has 0 unspecified atom stereocenters. The lowest BCUT2D eigenvalue weighted by Gasteiger charge is -2.22. The summed E-state index contributed by atoms with van der Waals surface area (Å²) < 4.78 is 20.8. The Kier molecular flexibility index (Phi) is 9.22. The van der Waals surface area contributed by atoms with Crippen molar-refractivity contribution < 1.29 is 23.8 Å². The average molecular weight is 503 g/mol. The summed E-state index contributed by atoms with van der Waals surface area (Å²) in [5, 5.41) is 13.4. The number of carbonyl (C=O) groups is 2. The minimum atomic E-state index is -1.14. The first-order valence-corrected chi connectivity index (χ1v) is 11.5. The van der Waals surface area contributed by atoms with Crippen LogP contribution < -0.4 is 4.74 Å². The molecule has 1 aliphatic heterocycles. The van der Waals surface area contributed by atoms with E-state index < -0.39 is 11.8 Å². The molecule has 35 heavy (non-hydrogen) atoms. The molecule has 0 bridgehead atoms. The second kappa shape index (κ2) is 12.3. The van der Waals surface area contributed by atoms with Gasteiger partial charge in [0.05, 0.1) is 5.02 Å². The number of aromatic nitrogens is 2. The average Bonchev–Trinajstić information content (AvgIpc) is 3.13. The minimum absolute atomic E-state index is 0.0264. The maximum absolute atomic E-state index is 13.7. The monoisotopic (exact) mass is 502 g/mol. The first kappa shape index (κ1) is 26.2. The lowest BCUT2D eigenvalue weighted by molar-refractivity contribution is -0.131. The van der Waals surface area contributed by atoms with E-state index in [0.29, 0.717) is 48.3 Å². The lowest BCUT2D eigenvalue weighted by atomic mass is 10.2. The molecule has 2 heterocycles. The van der Waals surface area contributed by atoms with E-state index in [1.807, 2.05) is 12.1 Å². The fourth-order valence-corrected chi connectivity index (χ4v) is 3.94. The van der Waals surface area contributed by atoms with E-state index in [2.05, 4.69) is 16.6 Å². The number of nitrogens with zero attached hydrogens (tertiary/aromatic N) is 4. The molecule has 1 aliphatic rings. The molecular formula is C25H28ClFN4O4. The smallest absolute Gasteiger partial charge is 0.356 e. The van der Waals surface area contributed by atoms with Crippen molar-refractivity contribution in [1.82, 2.24) is 19.6 Å². The highest BCUT2D eigenvalue weighted by Gasteiger charge is 2.20. The number of carboxylic acid groups (broad SMARTS) is 1. The molecule has 0 atom stereocenters. The predicted molar refractivity (Wildman–Crippen MR) is 131 cm³/mol. The van der Waals surface area contributed by atoms with Crippen molar-refractivity contribution in [3.63, 3.8) is 0 Å². The fraction of sp³-hybridized carbons (Fsp3) is 0.320. The second-order valence-electron chi connectivity index (χ2n) is 8.17. The predicted octanol–water partition coefficient (Wildman–Crippen LogP) is 4.16. The molecule has 10 heteroatoms. The summed E-state index contributed by atoms with van der Waals surface area (Å²) in [6.07, 6.45) is 5.34. The molecule has 0 aliphatic carbocycles. The highest BCUT2D eigenvalue weighted by atomic mass is 35.5. The third kappa shape index (κ3) is 8.08. The zero-order chi connectivity index (χ0) is 25.4. The molecule has 1 N–H and O–H groups in total. The van der Waals surface area contributed by atoms with Gasteiger partial charge in [-0.05, 0) is 49.3 Å². The van der Waals surface area contributed by atoms with Crippen LogP contribution in [0.5, 0.6) is 5.75 Å². The van der Waals surface area contributed by atoms with Crippen LogP contribution in [0.3, 0.4) is 0 Å². The van der Waals surface area contributed by atoms with Gasteiger partial charge in [-0.25, -0.2) is 9.18 Å². The Bertz CT molecular complexity index is 1140. The van der Waals surface area contributed by atoms with Crippen molar-refractivity contribution in [2.75, 3.05) is 32.7 Å². The van der Waals surface area contributed by atoms with Gasteiger partial charge in [-0.1, -0.05) is 30.3 Å². The molecule has 3 rings (SSSR count). The molecule has 186 valence electrons. The van der Waals surface area contributed by atoms with E-state index in [1.165, 1.54) is 23.0 Å². The van der Waals surface area contributed by atoms with Gasteiger partial charge in [-0.2, -0.15) is 5.10 Å². The van der Waals surface area contributed by atoms with Crippen molar-refractivity contribution in [3.05, 3.63) is 83.1 Å². The molecule has 1 amide bonds. The third-order valence-corrected chi connectivity index (χ3v) is 5.65. The number of aromatic carboxylic acids is 1. The van der Waals surface area contributed by atoms with E-state index in [1.54, 1.807) is 30.0 Å². The summed E-state index contributed by atoms with van der Waals surface area (Å²) in [6.45, 7) is 7.93. The Morgan fingerprint density at radius 2 is 1.94 bits per heavy atom. The number of para-hydroxylation sites is 1. The summed E-state index contributed by atoms with van der Waals surface area (Å²) in [4.78, 5) is 27.6. The van der Waals surface area contributed by atoms with Crippen LogP contribution in [-0.2, 0) is 11.3 Å². The number of ether oxygens (including phenoxy) is 1. The molecule has 1 aromatic heterocycles. The molecule has 1 fully saturated rings. The van der Waals surface area contributed by atoms with E-state index >= 15 is 0 Å². The normalized spacial score (nSPS) is 15.6. The van der Waals surface area contributed by atoms with E-state index in [4.69, 9.17) is 21.4 Å². The van der Waals surface area contributed by atoms with Crippen molar-refractivity contribution in [1.29, 1.82) is 0 Å². The Balaban J connectivity index is 1.60. The van der Waals surface area contributed by atoms with Crippen LogP contribution in [0.25, 0.3) is 0 Å². The standard InChI is InChI=1S/C25H28ClFN4O4/c1-18(27)14-20(15-19(2)35-23-7-4-3-6-21(23)26)16-29-9-5-10-30(13-12-29)24(32)17-31-11-8-22(28-31)25(33)34/h3-4,6-8,11,14-15H,1,5,9-10,12-13,16-17H2,2H3,(H,33,34)/b19-15+,20-14+. The van der Waals surface area contributed by atoms with Gasteiger partial charge in [0.2, 0.25) is 5.91 Å². The zero-order valence-electron chi connectivity index (χ0n) is 19.5. The number of halogens is 2. The fourth-order valence-electron chi connectivity index (χ4n) is 3.76. The summed E-state index contributed by atoms with van der Waals surface area (Å²) in [5.41, 5.74) is 0.579. The number of carboxylic acids is 1. The number of rotatable bonds is 9. The summed E-state index contributed by atoms with van der Waals surface area (Å²) in [7, 11) is 0. The zero-order valence-corrected chi connectivity index (χ0v) is 20.2. The van der Waals surface area contributed by atoms with Crippen LogP contribution in [0.1, 0.15) is 23.8 Å². The van der Waals surface area contributed by atoms with Crippen LogP contribution >= 0.6 is 11.6 Å². The van der Waals surface area contributed by atoms with Gasteiger partial charge in [0.15, 0.2) is 5.69 Å². The Labute approximate surface area is 208 Å². The second-order valence-corrected chi connectivity index (χ2v) is 8.57. The molecule has 0 radical (unpaired) electrons. The third-order valence-electron chi connectivity index (χ3n) is 5.34. The van der Waals surface area contributed by atoms with Gasteiger partial charge in [0.1, 0.15) is 23.9 Å². The van der Waals surface area contributed by atoms with E-state index in [-0.39, 0.29) is 18.1 Å². The number of benzene rings is 1. The van der Waals surface area contributed by atoms with Crippen LogP contribution in [0.4, 0.5) is 4.39 Å². The molecule has 8 nitrogen and oxygen atoms in total. The largest absolute Gasteiger partial charge is 0.476 e. The molecule has 0 spiro atoms. The SMILES string of the molecule is C=C(F)/C=C(\C=C(/C)Oc1ccccc1Cl)CN1CCCN(C(=O)Cn2ccc(C(=O)O)n2)CC1. The first-order chi connectivity index (χ1) is 16.7. The Morgan fingerprint density at radius 1 is 1.17 bits per heavy atom. The van der Waals surface area contributed by atoms with Gasteiger partial charge >= 0.3 is 5.97 Å². The summed E-state index contributed by atoms with van der Waals surface area (Å²) in [6, 6.07) is 8.46. The van der Waals surface area contributed by atoms with Crippen molar-refractivity contribution in [2.45, 2.75) is 19.9 Å². The minimum Gasteiger partial charge on any atom is -0.476 e. The molecule has 1 saturated heterocycles. The molecular weight excluding hydrogens is 475 g/mol. The van der Waals surface area contributed by atoms with E-state index in [9.17, 15) is 14.0 Å². The van der Waals surface area contributed by atoms with Gasteiger partial charge in [-0.3, -0.25) is 14.4 Å². The van der Waals surface area contributed by atoms with Crippen molar-refractivity contribution in [3.8, 4) is 5.75 Å². The number of carbonyl (C=O) groups excluding carboxylic acids is 1. The maximum Gasteiger partial charge on any atom is 0.356 e. The number of allylic oxidation sites excluding steroid dienone is 3. The Morgan fingerprint density at radius 3 is 2.63 bits per heavy atom. The maximum atomic E-state index is 13.7. The van der Waals surface area contributed by atoms with Crippen molar-refractivity contribution in [2.24, 2.45) is 0 Å². The quantitative estimate of drug-likeness (QED) is 0.409. The van der Waals surface area contributed by atoms with Gasteiger partial charge < -0.3 is 14.7 Å². The first-order valence-electron chi connectivity index (χ1n) is 11.1. The van der Waals surface area contributed by atoms with Crippen molar-refractivity contribution >= 4 is 23.5 Å². The van der Waals surface area contributed by atoms with Crippen LogP contribution in [0, 0.1) is 0 Å². The van der Waals surface area contributed by atoms with Gasteiger partial charge in [-0.15, -0.1) is 0 Å². The molecule has 1 aromatic carbocycles. The molecule has 0 saturated carbocycles. The van der Waals surface area contributed by atoms with Crippen LogP contribution in [-0.4, -0.2) is 69.3 Å². The highest BCUT2D eigenvalue weighted by Crippen LogP contribution is 2.25. The summed E-state index contributed by atoms with van der Waals surface area (Å²) >= 11 is 6.16. The summed E-state index contributed by atoms with van der Waals surface area (Å²) in [5.74, 6) is -0.768. The van der Waals surface area contributed by atoms with Gasteiger partial charge in [0.25, 0.3) is 0 Å².